The minimum absolute atomic E-state index is 0.0400. The van der Waals surface area contributed by atoms with Crippen LogP contribution in [0.25, 0.3) is 11.0 Å². The van der Waals surface area contributed by atoms with Gasteiger partial charge in [-0.3, -0.25) is 4.79 Å². The van der Waals surface area contributed by atoms with Crippen LogP contribution in [-0.2, 0) is 17.8 Å². The van der Waals surface area contributed by atoms with Crippen molar-refractivity contribution in [3.63, 3.8) is 0 Å². The summed E-state index contributed by atoms with van der Waals surface area (Å²) < 4.78 is 45.2. The molecule has 3 aromatic rings. The van der Waals surface area contributed by atoms with Crippen LogP contribution in [0.5, 0.6) is 11.5 Å². The zero-order chi connectivity index (χ0) is 20.8. The molecule has 0 unspecified atom stereocenters. The second-order valence-electron chi connectivity index (χ2n) is 6.21. The van der Waals surface area contributed by atoms with Gasteiger partial charge < -0.3 is 23.9 Å². The monoisotopic (exact) mass is 405 g/mol. The fourth-order valence-electron chi connectivity index (χ4n) is 3.03. The van der Waals surface area contributed by atoms with Crippen molar-refractivity contribution < 1.29 is 32.2 Å². The Morgan fingerprint density at radius 3 is 2.66 bits per heavy atom. The molecule has 0 radical (unpaired) electrons. The van der Waals surface area contributed by atoms with Crippen molar-refractivity contribution in [3.05, 3.63) is 59.4 Å². The highest BCUT2D eigenvalue weighted by atomic mass is 19.3. The zero-order valence-corrected chi connectivity index (χ0v) is 16.0. The molecular weight excluding hydrogens is 384 g/mol. The molecule has 1 heterocycles. The summed E-state index contributed by atoms with van der Waals surface area (Å²) in [7, 11) is 2.93. The molecule has 0 spiro atoms. The quantitative estimate of drug-likeness (QED) is 0.579. The van der Waals surface area contributed by atoms with E-state index in [4.69, 9.17) is 13.9 Å². The predicted octanol–water partition coefficient (Wildman–Crippen LogP) is 4.16. The molecule has 1 N–H and O–H groups in total. The Morgan fingerprint density at radius 1 is 1.14 bits per heavy atom. The number of hydrogen-bond donors (Lipinski definition) is 1. The van der Waals surface area contributed by atoms with E-state index in [9.17, 15) is 13.6 Å². The van der Waals surface area contributed by atoms with Gasteiger partial charge in [0.05, 0.1) is 13.7 Å². The Labute approximate surface area is 166 Å². The summed E-state index contributed by atoms with van der Waals surface area (Å²) in [6.07, 6.45) is 0.469. The summed E-state index contributed by atoms with van der Waals surface area (Å²) in [6.45, 7) is -2.36. The summed E-state index contributed by atoms with van der Waals surface area (Å²) >= 11 is 0. The van der Waals surface area contributed by atoms with Crippen molar-refractivity contribution in [2.75, 3.05) is 20.8 Å². The fraction of sp³-hybridized carbons (Fsp3) is 0.286. The van der Waals surface area contributed by atoms with Gasteiger partial charge in [-0.05, 0) is 30.2 Å². The Morgan fingerprint density at radius 2 is 1.93 bits per heavy atom. The van der Waals surface area contributed by atoms with Crippen LogP contribution in [0.1, 0.15) is 21.7 Å². The van der Waals surface area contributed by atoms with Crippen LogP contribution in [-0.4, -0.2) is 33.3 Å². The maximum absolute atomic E-state index is 12.6. The lowest BCUT2D eigenvalue weighted by molar-refractivity contribution is -0.0512. The van der Waals surface area contributed by atoms with Crippen molar-refractivity contribution >= 4 is 16.9 Å². The van der Waals surface area contributed by atoms with Crippen molar-refractivity contribution in [1.82, 2.24) is 5.32 Å². The first-order valence-corrected chi connectivity index (χ1v) is 8.92. The standard InChI is InChI=1S/C21H21F2NO5/c1-26-12-15-14-5-3-4-6-16(14)28-19(15)20(25)24-10-9-13-7-8-17(29-21(22)23)18(11-13)27-2/h3-8,11,21H,9-10,12H2,1-2H3,(H,24,25). The fourth-order valence-corrected chi connectivity index (χ4v) is 3.03. The number of benzene rings is 2. The molecule has 0 atom stereocenters. The number of nitrogens with one attached hydrogen (secondary N) is 1. The van der Waals surface area contributed by atoms with Crippen LogP contribution in [0, 0.1) is 0 Å². The average molecular weight is 405 g/mol. The maximum Gasteiger partial charge on any atom is 0.387 e. The Bertz CT molecular complexity index is 986. The van der Waals surface area contributed by atoms with Crippen LogP contribution >= 0.6 is 0 Å². The van der Waals surface area contributed by atoms with Gasteiger partial charge >= 0.3 is 6.61 Å². The molecule has 8 heteroatoms. The molecule has 3 rings (SSSR count). The van der Waals surface area contributed by atoms with E-state index in [2.05, 4.69) is 10.1 Å². The number of halogens is 2. The molecule has 1 aromatic heterocycles. The third kappa shape index (κ3) is 4.83. The molecule has 154 valence electrons. The number of rotatable bonds is 9. The lowest BCUT2D eigenvalue weighted by Gasteiger charge is -2.11. The highest BCUT2D eigenvalue weighted by Crippen LogP contribution is 2.30. The number of amides is 1. The summed E-state index contributed by atoms with van der Waals surface area (Å²) in [4.78, 5) is 12.6. The van der Waals surface area contributed by atoms with E-state index in [0.717, 1.165) is 10.9 Å². The predicted molar refractivity (Wildman–Crippen MR) is 103 cm³/mol. The maximum atomic E-state index is 12.6. The first kappa shape index (κ1) is 20.6. The van der Waals surface area contributed by atoms with Gasteiger partial charge in [0.15, 0.2) is 17.3 Å². The normalized spacial score (nSPS) is 11.1. The van der Waals surface area contributed by atoms with Gasteiger partial charge in [0.1, 0.15) is 5.58 Å². The number of para-hydroxylation sites is 1. The largest absolute Gasteiger partial charge is 0.493 e. The Kier molecular flexibility index (Phi) is 6.66. The molecule has 29 heavy (non-hydrogen) atoms. The first-order chi connectivity index (χ1) is 14.0. The van der Waals surface area contributed by atoms with Crippen molar-refractivity contribution in [2.45, 2.75) is 19.6 Å². The van der Waals surface area contributed by atoms with E-state index >= 15 is 0 Å². The average Bonchev–Trinajstić information content (AvgIpc) is 3.07. The van der Waals surface area contributed by atoms with Gasteiger partial charge in [-0.2, -0.15) is 8.78 Å². The number of carbonyl (C=O) groups excluding carboxylic acids is 1. The number of hydrogen-bond acceptors (Lipinski definition) is 5. The van der Waals surface area contributed by atoms with Gasteiger partial charge in [0, 0.05) is 24.6 Å². The molecule has 1 amide bonds. The van der Waals surface area contributed by atoms with Crippen LogP contribution in [0.15, 0.2) is 46.9 Å². The molecule has 0 fully saturated rings. The number of fused-ring (bicyclic) bond motifs is 1. The second-order valence-corrected chi connectivity index (χ2v) is 6.21. The van der Waals surface area contributed by atoms with E-state index in [-0.39, 0.29) is 29.8 Å². The summed E-state index contributed by atoms with van der Waals surface area (Å²) in [5.74, 6) is 0.0275. The van der Waals surface area contributed by atoms with Crippen molar-refractivity contribution in [1.29, 1.82) is 0 Å². The molecule has 6 nitrogen and oxygen atoms in total. The minimum atomic E-state index is -2.93. The molecule has 0 bridgehead atoms. The van der Waals surface area contributed by atoms with E-state index in [1.807, 2.05) is 18.2 Å². The molecule has 0 saturated carbocycles. The Hall–Kier alpha value is -3.13. The van der Waals surface area contributed by atoms with E-state index in [1.54, 1.807) is 25.3 Å². The third-order valence-electron chi connectivity index (χ3n) is 4.34. The van der Waals surface area contributed by atoms with Gasteiger partial charge in [0.25, 0.3) is 5.91 Å². The highest BCUT2D eigenvalue weighted by molar-refractivity contribution is 5.99. The number of carbonyl (C=O) groups is 1. The van der Waals surface area contributed by atoms with Crippen molar-refractivity contribution in [2.24, 2.45) is 0 Å². The molecule has 0 saturated heterocycles. The topological polar surface area (TPSA) is 69.9 Å². The SMILES string of the molecule is COCc1c(C(=O)NCCc2ccc(OC(F)F)c(OC)c2)oc2ccccc12. The number of furan rings is 1. The summed E-state index contributed by atoms with van der Waals surface area (Å²) in [6, 6.07) is 12.0. The van der Waals surface area contributed by atoms with Crippen LogP contribution in [0.4, 0.5) is 8.78 Å². The van der Waals surface area contributed by atoms with Crippen LogP contribution < -0.4 is 14.8 Å². The lowest BCUT2D eigenvalue weighted by Crippen LogP contribution is -2.26. The Balaban J connectivity index is 1.67. The van der Waals surface area contributed by atoms with E-state index in [0.29, 0.717) is 24.1 Å². The first-order valence-electron chi connectivity index (χ1n) is 8.92. The number of ether oxygens (including phenoxy) is 3. The van der Waals surface area contributed by atoms with Gasteiger partial charge in [0.2, 0.25) is 0 Å². The summed E-state index contributed by atoms with van der Waals surface area (Å²) in [5, 5.41) is 3.64. The number of methoxy groups -OCH3 is 2. The highest BCUT2D eigenvalue weighted by Gasteiger charge is 2.20. The molecule has 0 aliphatic rings. The third-order valence-corrected chi connectivity index (χ3v) is 4.34. The van der Waals surface area contributed by atoms with Gasteiger partial charge in [-0.1, -0.05) is 24.3 Å². The second kappa shape index (κ2) is 9.38. The van der Waals surface area contributed by atoms with Crippen LogP contribution in [0.3, 0.4) is 0 Å². The zero-order valence-electron chi connectivity index (χ0n) is 16.0. The minimum Gasteiger partial charge on any atom is -0.493 e. The smallest absolute Gasteiger partial charge is 0.387 e. The van der Waals surface area contributed by atoms with E-state index < -0.39 is 6.61 Å². The molecule has 0 aliphatic heterocycles. The lowest BCUT2D eigenvalue weighted by atomic mass is 10.1. The van der Waals surface area contributed by atoms with Crippen LogP contribution in [0.2, 0.25) is 0 Å². The van der Waals surface area contributed by atoms with E-state index in [1.165, 1.54) is 13.2 Å². The molecular formula is C21H21F2NO5. The number of alkyl halides is 2. The van der Waals surface area contributed by atoms with Gasteiger partial charge in [-0.25, -0.2) is 0 Å². The van der Waals surface area contributed by atoms with Crippen molar-refractivity contribution in [3.8, 4) is 11.5 Å². The molecule has 2 aromatic carbocycles. The molecule has 0 aliphatic carbocycles. The summed E-state index contributed by atoms with van der Waals surface area (Å²) in [5.41, 5.74) is 2.10. The van der Waals surface area contributed by atoms with Gasteiger partial charge in [-0.15, -0.1) is 0 Å².